The summed E-state index contributed by atoms with van der Waals surface area (Å²) in [5.74, 6) is -1.24. The lowest BCUT2D eigenvalue weighted by Gasteiger charge is -2.24. The van der Waals surface area contributed by atoms with Crippen LogP contribution in [-0.4, -0.2) is 25.7 Å². The van der Waals surface area contributed by atoms with Crippen molar-refractivity contribution in [2.75, 3.05) is 24.5 Å². The predicted molar refractivity (Wildman–Crippen MR) is 89.1 cm³/mol. The number of fused-ring (bicyclic) bond motifs is 3. The van der Waals surface area contributed by atoms with E-state index in [0.717, 1.165) is 44.6 Å². The predicted octanol–water partition coefficient (Wildman–Crippen LogP) is 4.01. The first-order valence-electron chi connectivity index (χ1n) is 7.88. The van der Waals surface area contributed by atoms with E-state index in [2.05, 4.69) is 10.2 Å². The Morgan fingerprint density at radius 3 is 2.65 bits per heavy atom. The third kappa shape index (κ3) is 2.60. The summed E-state index contributed by atoms with van der Waals surface area (Å²) in [4.78, 5) is 2.41. The monoisotopic (exact) mass is 334 g/mol. The van der Waals surface area contributed by atoms with E-state index >= 15 is 0 Å². The van der Waals surface area contributed by atoms with Crippen LogP contribution in [0.25, 0.3) is 11.1 Å². The maximum atomic E-state index is 14.2. The molecule has 0 aromatic heterocycles. The van der Waals surface area contributed by atoms with Crippen molar-refractivity contribution in [1.82, 2.24) is 5.32 Å². The van der Waals surface area contributed by atoms with Gasteiger partial charge in [0, 0.05) is 29.8 Å². The number of halogens is 3. The molecule has 2 aliphatic rings. The average molecular weight is 335 g/mol. The highest BCUT2D eigenvalue weighted by atomic mass is 35.5. The fourth-order valence-electron chi connectivity index (χ4n) is 3.72. The van der Waals surface area contributed by atoms with Gasteiger partial charge in [-0.2, -0.15) is 0 Å². The zero-order valence-corrected chi connectivity index (χ0v) is 13.3. The van der Waals surface area contributed by atoms with Gasteiger partial charge in [-0.25, -0.2) is 8.78 Å². The Kier molecular flexibility index (Phi) is 3.74. The van der Waals surface area contributed by atoms with Crippen molar-refractivity contribution in [3.05, 3.63) is 52.6 Å². The minimum atomic E-state index is -0.619. The van der Waals surface area contributed by atoms with Crippen LogP contribution in [0.3, 0.4) is 0 Å². The molecule has 1 unspecified atom stereocenters. The molecule has 2 aromatic rings. The van der Waals surface area contributed by atoms with Crippen molar-refractivity contribution < 1.29 is 8.78 Å². The molecule has 2 aliphatic heterocycles. The molecule has 2 heterocycles. The van der Waals surface area contributed by atoms with E-state index in [9.17, 15) is 8.78 Å². The topological polar surface area (TPSA) is 15.3 Å². The normalized spacial score (nSPS) is 20.1. The molecule has 0 bridgehead atoms. The number of anilines is 1. The molecule has 1 atom stereocenters. The molecular formula is C18H17ClF2N2. The van der Waals surface area contributed by atoms with Crippen LogP contribution in [0.1, 0.15) is 12.0 Å². The Morgan fingerprint density at radius 1 is 1.09 bits per heavy atom. The average Bonchev–Trinajstić information content (AvgIpc) is 2.67. The zero-order chi connectivity index (χ0) is 16.0. The van der Waals surface area contributed by atoms with Gasteiger partial charge in [0.25, 0.3) is 0 Å². The van der Waals surface area contributed by atoms with Gasteiger partial charge in [-0.3, -0.25) is 0 Å². The third-order valence-corrected chi connectivity index (χ3v) is 4.98. The fourth-order valence-corrected chi connectivity index (χ4v) is 3.91. The second kappa shape index (κ2) is 5.77. The van der Waals surface area contributed by atoms with Crippen LogP contribution >= 0.6 is 11.6 Å². The number of hydrogen-bond donors (Lipinski definition) is 1. The van der Waals surface area contributed by atoms with Gasteiger partial charge in [-0.05, 0) is 54.8 Å². The maximum absolute atomic E-state index is 14.2. The van der Waals surface area contributed by atoms with Crippen LogP contribution < -0.4 is 10.2 Å². The first kappa shape index (κ1) is 14.9. The van der Waals surface area contributed by atoms with Crippen LogP contribution in [0.5, 0.6) is 0 Å². The Morgan fingerprint density at radius 2 is 1.87 bits per heavy atom. The Bertz CT molecular complexity index is 740. The Hall–Kier alpha value is -1.65. The van der Waals surface area contributed by atoms with Crippen molar-refractivity contribution in [2.45, 2.75) is 18.9 Å². The largest absolute Gasteiger partial charge is 0.367 e. The molecule has 2 aromatic carbocycles. The lowest BCUT2D eigenvalue weighted by molar-refractivity contribution is 0.589. The molecule has 0 radical (unpaired) electrons. The summed E-state index contributed by atoms with van der Waals surface area (Å²) in [5.41, 5.74) is 2.94. The number of nitrogens with one attached hydrogen (secondary N) is 1. The van der Waals surface area contributed by atoms with Gasteiger partial charge in [0.15, 0.2) is 0 Å². The highest BCUT2D eigenvalue weighted by Crippen LogP contribution is 2.38. The first-order valence-corrected chi connectivity index (χ1v) is 8.26. The van der Waals surface area contributed by atoms with Crippen molar-refractivity contribution in [2.24, 2.45) is 0 Å². The van der Waals surface area contributed by atoms with E-state index in [4.69, 9.17) is 11.6 Å². The summed E-state index contributed by atoms with van der Waals surface area (Å²) < 4.78 is 28.3. The Balaban J connectivity index is 1.75. The molecule has 4 rings (SSSR count). The van der Waals surface area contributed by atoms with Gasteiger partial charge in [-0.1, -0.05) is 17.7 Å². The van der Waals surface area contributed by atoms with E-state index < -0.39 is 11.6 Å². The summed E-state index contributed by atoms with van der Waals surface area (Å²) in [7, 11) is 0. The minimum absolute atomic E-state index is 0.000890. The van der Waals surface area contributed by atoms with E-state index in [1.54, 1.807) is 6.07 Å². The molecule has 1 saturated heterocycles. The molecule has 2 nitrogen and oxygen atoms in total. The number of rotatable bonds is 1. The van der Waals surface area contributed by atoms with E-state index in [0.29, 0.717) is 11.6 Å². The van der Waals surface area contributed by atoms with Gasteiger partial charge < -0.3 is 10.2 Å². The van der Waals surface area contributed by atoms with Crippen molar-refractivity contribution in [3.8, 4) is 11.1 Å². The summed E-state index contributed by atoms with van der Waals surface area (Å²) in [6.07, 6.45) is 2.02. The fraction of sp³-hybridized carbons (Fsp3) is 0.333. The summed E-state index contributed by atoms with van der Waals surface area (Å²) in [6, 6.07) is 8.51. The molecule has 5 heteroatoms. The van der Waals surface area contributed by atoms with Gasteiger partial charge in [0.05, 0.1) is 5.56 Å². The van der Waals surface area contributed by atoms with Crippen molar-refractivity contribution in [1.29, 1.82) is 0 Å². The van der Waals surface area contributed by atoms with Crippen LogP contribution in [0.4, 0.5) is 14.5 Å². The van der Waals surface area contributed by atoms with Crippen molar-refractivity contribution in [3.63, 3.8) is 0 Å². The van der Waals surface area contributed by atoms with E-state index in [-0.39, 0.29) is 10.6 Å². The number of hydrogen-bond acceptors (Lipinski definition) is 2. The molecule has 0 spiro atoms. The zero-order valence-electron chi connectivity index (χ0n) is 12.6. The van der Waals surface area contributed by atoms with Gasteiger partial charge in [0.1, 0.15) is 11.6 Å². The molecule has 1 N–H and O–H groups in total. The minimum Gasteiger partial charge on any atom is -0.367 e. The van der Waals surface area contributed by atoms with Crippen LogP contribution in [0.15, 0.2) is 30.3 Å². The lowest BCUT2D eigenvalue weighted by Crippen LogP contribution is -2.32. The number of benzene rings is 2. The molecule has 1 fully saturated rings. The summed E-state index contributed by atoms with van der Waals surface area (Å²) in [5, 5.41) is 3.49. The second-order valence-corrected chi connectivity index (χ2v) is 6.61. The van der Waals surface area contributed by atoms with Crippen LogP contribution in [-0.2, 0) is 6.42 Å². The second-order valence-electron chi connectivity index (χ2n) is 6.18. The molecule has 0 amide bonds. The van der Waals surface area contributed by atoms with Crippen molar-refractivity contribution >= 4 is 17.3 Å². The number of nitrogens with zero attached hydrogens (tertiary/aromatic N) is 1. The SMILES string of the molecule is Fc1cc(Cl)cc(F)c1-c1ccc2c(c1)CC1CCNCCN21. The molecule has 0 aliphatic carbocycles. The van der Waals surface area contributed by atoms with E-state index in [1.165, 1.54) is 11.3 Å². The summed E-state index contributed by atoms with van der Waals surface area (Å²) >= 11 is 5.71. The Labute approximate surface area is 139 Å². The highest BCUT2D eigenvalue weighted by Gasteiger charge is 2.30. The highest BCUT2D eigenvalue weighted by molar-refractivity contribution is 6.30. The molecular weight excluding hydrogens is 318 g/mol. The quantitative estimate of drug-likeness (QED) is 0.847. The molecule has 23 heavy (non-hydrogen) atoms. The first-order chi connectivity index (χ1) is 11.1. The van der Waals surface area contributed by atoms with E-state index in [1.807, 2.05) is 12.1 Å². The van der Waals surface area contributed by atoms with Crippen LogP contribution in [0, 0.1) is 11.6 Å². The maximum Gasteiger partial charge on any atom is 0.135 e. The van der Waals surface area contributed by atoms with Gasteiger partial charge in [-0.15, -0.1) is 0 Å². The molecule has 0 saturated carbocycles. The van der Waals surface area contributed by atoms with Gasteiger partial charge in [0.2, 0.25) is 0 Å². The smallest absolute Gasteiger partial charge is 0.135 e. The molecule has 120 valence electrons. The summed E-state index contributed by atoms with van der Waals surface area (Å²) in [6.45, 7) is 2.96. The van der Waals surface area contributed by atoms with Gasteiger partial charge >= 0.3 is 0 Å². The standard InChI is InChI=1S/C18H17ClF2N2/c19-13-9-15(20)18(16(21)10-13)11-1-2-17-12(7-11)8-14-3-4-22-5-6-23(14)17/h1-2,7,9-10,14,22H,3-6,8H2. The van der Waals surface area contributed by atoms with Crippen LogP contribution in [0.2, 0.25) is 5.02 Å². The lowest BCUT2D eigenvalue weighted by atomic mass is 9.99. The third-order valence-electron chi connectivity index (χ3n) is 4.76.